The van der Waals surface area contributed by atoms with Gasteiger partial charge in [-0.2, -0.15) is 10.2 Å². The SMILES string of the molecule is O=C(N/N=C\c1cn(-c2ccccc2)nc1-c1cccs1)c1ccc(CSc2nc3ccccc3s2)cc1. The van der Waals surface area contributed by atoms with Crippen molar-refractivity contribution >= 4 is 56.8 Å². The van der Waals surface area contributed by atoms with E-state index in [-0.39, 0.29) is 5.91 Å². The standard InChI is InChI=1S/C29H21N5OS3/c35-28(21-14-12-20(13-15-21)19-37-29-31-24-9-4-5-10-25(24)38-29)32-30-17-22-18-34(23-7-2-1-3-8-23)33-27(22)26-11-6-16-36-26/h1-18H,19H2,(H,32,35)/b30-17-. The third-order valence-corrected chi connectivity index (χ3v) is 8.87. The van der Waals surface area contributed by atoms with Crippen LogP contribution >= 0.6 is 34.4 Å². The first-order valence-electron chi connectivity index (χ1n) is 11.8. The summed E-state index contributed by atoms with van der Waals surface area (Å²) in [5, 5.41) is 11.0. The molecule has 1 N–H and O–H groups in total. The number of para-hydroxylation sites is 2. The van der Waals surface area contributed by atoms with Crippen molar-refractivity contribution in [1.82, 2.24) is 20.2 Å². The largest absolute Gasteiger partial charge is 0.271 e. The van der Waals surface area contributed by atoms with E-state index in [1.165, 1.54) is 4.70 Å². The summed E-state index contributed by atoms with van der Waals surface area (Å²) in [6.07, 6.45) is 3.56. The van der Waals surface area contributed by atoms with Crippen LogP contribution in [-0.4, -0.2) is 26.9 Å². The van der Waals surface area contributed by atoms with E-state index in [4.69, 9.17) is 5.10 Å². The summed E-state index contributed by atoms with van der Waals surface area (Å²) in [4.78, 5) is 18.4. The maximum absolute atomic E-state index is 12.7. The molecule has 186 valence electrons. The molecule has 0 aliphatic heterocycles. The van der Waals surface area contributed by atoms with E-state index in [2.05, 4.69) is 21.6 Å². The molecule has 3 aromatic carbocycles. The number of thiazole rings is 1. The second kappa shape index (κ2) is 11.1. The summed E-state index contributed by atoms with van der Waals surface area (Å²) in [6, 6.07) is 29.7. The number of amides is 1. The van der Waals surface area contributed by atoms with Crippen molar-refractivity contribution in [3.8, 4) is 16.3 Å². The second-order valence-corrected chi connectivity index (χ2v) is 11.5. The summed E-state index contributed by atoms with van der Waals surface area (Å²) in [5.74, 6) is 0.524. The van der Waals surface area contributed by atoms with Crippen LogP contribution in [0.2, 0.25) is 0 Å². The lowest BCUT2D eigenvalue weighted by Crippen LogP contribution is -2.17. The lowest BCUT2D eigenvalue weighted by molar-refractivity contribution is 0.0955. The fourth-order valence-corrected chi connectivity index (χ4v) is 6.59. The number of hydrogen-bond acceptors (Lipinski definition) is 7. The highest BCUT2D eigenvalue weighted by atomic mass is 32.2. The molecule has 0 bridgehead atoms. The number of thioether (sulfide) groups is 1. The predicted octanol–water partition coefficient (Wildman–Crippen LogP) is 7.27. The smallest absolute Gasteiger partial charge is 0.267 e. The Hall–Kier alpha value is -4.05. The summed E-state index contributed by atoms with van der Waals surface area (Å²) in [6.45, 7) is 0. The minimum atomic E-state index is -0.264. The normalized spacial score (nSPS) is 11.4. The summed E-state index contributed by atoms with van der Waals surface area (Å²) >= 11 is 5.01. The maximum Gasteiger partial charge on any atom is 0.271 e. The molecule has 3 heterocycles. The number of nitrogens with zero attached hydrogens (tertiary/aromatic N) is 4. The molecule has 0 saturated carbocycles. The van der Waals surface area contributed by atoms with Gasteiger partial charge in [-0.1, -0.05) is 60.3 Å². The molecule has 0 aliphatic rings. The molecule has 1 amide bonds. The van der Waals surface area contributed by atoms with Crippen LogP contribution in [0.3, 0.4) is 0 Å². The minimum Gasteiger partial charge on any atom is -0.267 e. The third-order valence-electron chi connectivity index (χ3n) is 5.74. The zero-order chi connectivity index (χ0) is 25.7. The van der Waals surface area contributed by atoms with E-state index in [1.54, 1.807) is 40.7 Å². The van der Waals surface area contributed by atoms with Gasteiger partial charge in [0.2, 0.25) is 0 Å². The second-order valence-electron chi connectivity index (χ2n) is 8.32. The van der Waals surface area contributed by atoms with Crippen LogP contribution in [0, 0.1) is 0 Å². The molecule has 3 aromatic heterocycles. The fourth-order valence-electron chi connectivity index (χ4n) is 3.83. The molecule has 0 unspecified atom stereocenters. The Morgan fingerprint density at radius 1 is 0.974 bits per heavy atom. The number of nitrogens with one attached hydrogen (secondary N) is 1. The van der Waals surface area contributed by atoms with Crippen LogP contribution < -0.4 is 5.43 Å². The van der Waals surface area contributed by atoms with E-state index in [0.29, 0.717) is 5.56 Å². The average Bonchev–Trinajstić information content (AvgIpc) is 3.72. The molecule has 0 spiro atoms. The Morgan fingerprint density at radius 2 is 1.79 bits per heavy atom. The van der Waals surface area contributed by atoms with Gasteiger partial charge in [0.15, 0.2) is 4.34 Å². The fraction of sp³-hybridized carbons (Fsp3) is 0.0345. The number of thiophene rings is 1. The van der Waals surface area contributed by atoms with E-state index in [9.17, 15) is 4.79 Å². The van der Waals surface area contributed by atoms with E-state index in [0.717, 1.165) is 43.0 Å². The van der Waals surface area contributed by atoms with Gasteiger partial charge in [0.1, 0.15) is 5.69 Å². The van der Waals surface area contributed by atoms with E-state index < -0.39 is 0 Å². The topological polar surface area (TPSA) is 72.2 Å². The van der Waals surface area contributed by atoms with Gasteiger partial charge in [-0.15, -0.1) is 22.7 Å². The van der Waals surface area contributed by atoms with E-state index in [1.807, 2.05) is 101 Å². The van der Waals surface area contributed by atoms with Gasteiger partial charge in [0.05, 0.1) is 27.0 Å². The highest BCUT2D eigenvalue weighted by molar-refractivity contribution is 8.00. The van der Waals surface area contributed by atoms with Crippen LogP contribution in [0.25, 0.3) is 26.5 Å². The van der Waals surface area contributed by atoms with Crippen molar-refractivity contribution in [2.75, 3.05) is 0 Å². The molecule has 9 heteroatoms. The number of benzene rings is 3. The van der Waals surface area contributed by atoms with Crippen molar-refractivity contribution in [3.05, 3.63) is 119 Å². The molecule has 0 fully saturated rings. The first kappa shape index (κ1) is 24.3. The first-order valence-corrected chi connectivity index (χ1v) is 14.5. The molecule has 0 aliphatic carbocycles. The number of rotatable bonds is 8. The molecule has 0 atom stereocenters. The van der Waals surface area contributed by atoms with Crippen molar-refractivity contribution in [2.24, 2.45) is 5.10 Å². The molecular formula is C29H21N5OS3. The quantitative estimate of drug-likeness (QED) is 0.123. The molecule has 6 rings (SSSR count). The zero-order valence-corrected chi connectivity index (χ0v) is 22.5. The third kappa shape index (κ3) is 5.45. The van der Waals surface area contributed by atoms with Gasteiger partial charge in [-0.05, 0) is 53.4 Å². The van der Waals surface area contributed by atoms with Gasteiger partial charge in [-0.3, -0.25) is 4.79 Å². The molecule has 0 saturated heterocycles. The number of hydrogen-bond donors (Lipinski definition) is 1. The number of aromatic nitrogens is 3. The highest BCUT2D eigenvalue weighted by Crippen LogP contribution is 2.31. The van der Waals surface area contributed by atoms with Crippen molar-refractivity contribution in [1.29, 1.82) is 0 Å². The van der Waals surface area contributed by atoms with Crippen molar-refractivity contribution in [3.63, 3.8) is 0 Å². The summed E-state index contributed by atoms with van der Waals surface area (Å²) < 4.78 is 4.06. The van der Waals surface area contributed by atoms with Crippen LogP contribution in [0.4, 0.5) is 0 Å². The molecule has 6 aromatic rings. The Labute approximate surface area is 231 Å². The Morgan fingerprint density at radius 3 is 2.58 bits per heavy atom. The predicted molar refractivity (Wildman–Crippen MR) is 158 cm³/mol. The lowest BCUT2D eigenvalue weighted by Gasteiger charge is -2.02. The van der Waals surface area contributed by atoms with Crippen molar-refractivity contribution < 1.29 is 4.79 Å². The highest BCUT2D eigenvalue weighted by Gasteiger charge is 2.12. The summed E-state index contributed by atoms with van der Waals surface area (Å²) in [7, 11) is 0. The van der Waals surface area contributed by atoms with Gasteiger partial charge in [-0.25, -0.2) is 15.1 Å². The number of carbonyl (C=O) groups is 1. The summed E-state index contributed by atoms with van der Waals surface area (Å²) in [5.41, 5.74) is 7.94. The number of carbonyl (C=O) groups excluding carboxylic acids is 1. The minimum absolute atomic E-state index is 0.264. The Bertz CT molecular complexity index is 1670. The Kier molecular flexibility index (Phi) is 7.12. The van der Waals surface area contributed by atoms with Crippen LogP contribution in [0.1, 0.15) is 21.5 Å². The van der Waals surface area contributed by atoms with Crippen LogP contribution in [0.15, 0.2) is 112 Å². The number of hydrazone groups is 1. The van der Waals surface area contributed by atoms with Gasteiger partial charge in [0.25, 0.3) is 5.91 Å². The van der Waals surface area contributed by atoms with E-state index >= 15 is 0 Å². The van der Waals surface area contributed by atoms with Crippen LogP contribution in [0.5, 0.6) is 0 Å². The zero-order valence-electron chi connectivity index (χ0n) is 20.0. The lowest BCUT2D eigenvalue weighted by atomic mass is 10.1. The molecule has 6 nitrogen and oxygen atoms in total. The van der Waals surface area contributed by atoms with Gasteiger partial charge >= 0.3 is 0 Å². The monoisotopic (exact) mass is 551 g/mol. The van der Waals surface area contributed by atoms with Crippen molar-refractivity contribution in [2.45, 2.75) is 10.1 Å². The first-order chi connectivity index (χ1) is 18.7. The average molecular weight is 552 g/mol. The van der Waals surface area contributed by atoms with Crippen LogP contribution in [-0.2, 0) is 5.75 Å². The molecular weight excluding hydrogens is 531 g/mol. The van der Waals surface area contributed by atoms with Gasteiger partial charge < -0.3 is 0 Å². The maximum atomic E-state index is 12.7. The molecule has 38 heavy (non-hydrogen) atoms. The number of fused-ring (bicyclic) bond motifs is 1. The Balaban J connectivity index is 1.11. The molecule has 0 radical (unpaired) electrons. The van der Waals surface area contributed by atoms with Gasteiger partial charge in [0, 0.05) is 23.1 Å².